The Kier molecular flexibility index (Phi) is 4.21. The molecule has 0 saturated heterocycles. The van der Waals surface area contributed by atoms with Crippen LogP contribution in [-0.4, -0.2) is 5.91 Å². The molecule has 0 atom stereocenters. The normalized spacial score (nSPS) is 11.1. The van der Waals surface area contributed by atoms with Crippen molar-refractivity contribution in [3.63, 3.8) is 0 Å². The van der Waals surface area contributed by atoms with Gasteiger partial charge in [0.25, 0.3) is 5.91 Å². The number of benzene rings is 3. The summed E-state index contributed by atoms with van der Waals surface area (Å²) in [6, 6.07) is 23.3. The summed E-state index contributed by atoms with van der Waals surface area (Å²) in [5.74, 6) is 0.342. The number of anilines is 1. The number of carbonyl (C=O) groups excluding carboxylic acids is 1. The van der Waals surface area contributed by atoms with Gasteiger partial charge >= 0.3 is 0 Å². The summed E-state index contributed by atoms with van der Waals surface area (Å²) in [6.07, 6.45) is 0. The minimum absolute atomic E-state index is 0.172. The lowest BCUT2D eigenvalue weighted by Gasteiger charge is -2.08. The minimum atomic E-state index is -0.383. The standard InChI is InChI=1S/C25H17NO4/c1-15-6-2-4-8-18(15)23-14-20(27)19-13-17(10-11-22(19)30-23)26-25(28)24-12-16-7-3-5-9-21(16)29-24/h2-14H,1H3,(H,26,28). The molecule has 3 aromatic carbocycles. The summed E-state index contributed by atoms with van der Waals surface area (Å²) in [6.45, 7) is 1.97. The second-order valence-corrected chi connectivity index (χ2v) is 7.10. The topological polar surface area (TPSA) is 72.5 Å². The molecule has 0 bridgehead atoms. The van der Waals surface area contributed by atoms with Gasteiger partial charge in [-0.15, -0.1) is 0 Å². The molecule has 30 heavy (non-hydrogen) atoms. The van der Waals surface area contributed by atoms with Gasteiger partial charge in [0, 0.05) is 22.7 Å². The van der Waals surface area contributed by atoms with E-state index in [0.717, 1.165) is 16.5 Å². The first kappa shape index (κ1) is 17.9. The molecule has 2 aromatic heterocycles. The van der Waals surface area contributed by atoms with Crippen molar-refractivity contribution in [1.82, 2.24) is 0 Å². The van der Waals surface area contributed by atoms with Crippen LogP contribution in [0.15, 0.2) is 92.5 Å². The highest BCUT2D eigenvalue weighted by molar-refractivity contribution is 6.05. The molecule has 0 unspecified atom stereocenters. The van der Waals surface area contributed by atoms with E-state index in [4.69, 9.17) is 8.83 Å². The van der Waals surface area contributed by atoms with Gasteiger partial charge in [0.2, 0.25) is 0 Å². The molecule has 5 aromatic rings. The Bertz CT molecular complexity index is 1440. The maximum Gasteiger partial charge on any atom is 0.291 e. The van der Waals surface area contributed by atoms with Crippen LogP contribution in [-0.2, 0) is 0 Å². The number of aryl methyl sites for hydroxylation is 1. The largest absolute Gasteiger partial charge is 0.456 e. The SMILES string of the molecule is Cc1ccccc1-c1cc(=O)c2cc(NC(=O)c3cc4ccccc4o3)ccc2o1. The maximum atomic E-state index is 12.7. The predicted octanol–water partition coefficient (Wildman–Crippen LogP) is 5.77. The van der Waals surface area contributed by atoms with Crippen LogP contribution in [0.25, 0.3) is 33.3 Å². The second-order valence-electron chi connectivity index (χ2n) is 7.10. The highest BCUT2D eigenvalue weighted by Gasteiger charge is 2.14. The van der Waals surface area contributed by atoms with E-state index in [2.05, 4.69) is 5.32 Å². The molecule has 1 amide bonds. The zero-order valence-corrected chi connectivity index (χ0v) is 16.1. The van der Waals surface area contributed by atoms with E-state index in [9.17, 15) is 9.59 Å². The number of para-hydroxylation sites is 1. The third-order valence-electron chi connectivity index (χ3n) is 5.04. The number of amides is 1. The number of fused-ring (bicyclic) bond motifs is 2. The molecule has 0 aliphatic rings. The number of furan rings is 1. The van der Waals surface area contributed by atoms with E-state index >= 15 is 0 Å². The summed E-state index contributed by atoms with van der Waals surface area (Å²) in [4.78, 5) is 25.3. The minimum Gasteiger partial charge on any atom is -0.456 e. The van der Waals surface area contributed by atoms with E-state index in [1.807, 2.05) is 49.4 Å². The third kappa shape index (κ3) is 3.16. The zero-order valence-electron chi connectivity index (χ0n) is 16.1. The van der Waals surface area contributed by atoms with Crippen LogP contribution >= 0.6 is 0 Å². The predicted molar refractivity (Wildman–Crippen MR) is 117 cm³/mol. The molecule has 0 saturated carbocycles. The molecule has 0 radical (unpaired) electrons. The van der Waals surface area contributed by atoms with Gasteiger partial charge in [-0.1, -0.05) is 42.5 Å². The smallest absolute Gasteiger partial charge is 0.291 e. The van der Waals surface area contributed by atoms with Gasteiger partial charge in [0.15, 0.2) is 11.2 Å². The molecule has 0 fully saturated rings. The van der Waals surface area contributed by atoms with Crippen LogP contribution in [0.3, 0.4) is 0 Å². The zero-order chi connectivity index (χ0) is 20.7. The fraction of sp³-hybridized carbons (Fsp3) is 0.0400. The van der Waals surface area contributed by atoms with E-state index in [1.165, 1.54) is 6.07 Å². The Morgan fingerprint density at radius 2 is 1.63 bits per heavy atom. The quantitative estimate of drug-likeness (QED) is 0.421. The molecule has 0 spiro atoms. The number of hydrogen-bond acceptors (Lipinski definition) is 4. The van der Waals surface area contributed by atoms with Crippen LogP contribution in [0.2, 0.25) is 0 Å². The molecule has 5 heteroatoms. The van der Waals surface area contributed by atoms with Crippen molar-refractivity contribution in [1.29, 1.82) is 0 Å². The molecular weight excluding hydrogens is 378 g/mol. The van der Waals surface area contributed by atoms with Crippen LogP contribution in [0.4, 0.5) is 5.69 Å². The highest BCUT2D eigenvalue weighted by Crippen LogP contribution is 2.26. The number of rotatable bonds is 3. The van der Waals surface area contributed by atoms with Gasteiger partial charge in [0.1, 0.15) is 16.9 Å². The Hall–Kier alpha value is -4.12. The lowest BCUT2D eigenvalue weighted by atomic mass is 10.1. The lowest BCUT2D eigenvalue weighted by molar-refractivity contribution is 0.0998. The van der Waals surface area contributed by atoms with Gasteiger partial charge in [0.05, 0.1) is 5.39 Å². The summed E-state index contributed by atoms with van der Waals surface area (Å²) in [5, 5.41) is 4.03. The van der Waals surface area contributed by atoms with Crippen molar-refractivity contribution >= 4 is 33.5 Å². The fourth-order valence-corrected chi connectivity index (χ4v) is 3.50. The monoisotopic (exact) mass is 395 g/mol. The first-order valence-corrected chi connectivity index (χ1v) is 9.52. The van der Waals surface area contributed by atoms with Gasteiger partial charge < -0.3 is 14.2 Å². The van der Waals surface area contributed by atoms with Crippen LogP contribution in [0.1, 0.15) is 16.1 Å². The second kappa shape index (κ2) is 7.04. The molecule has 0 aliphatic carbocycles. The van der Waals surface area contributed by atoms with Crippen molar-refractivity contribution in [2.24, 2.45) is 0 Å². The van der Waals surface area contributed by atoms with Crippen molar-refractivity contribution in [3.05, 3.63) is 100 Å². The van der Waals surface area contributed by atoms with Gasteiger partial charge in [-0.25, -0.2) is 0 Å². The maximum absolute atomic E-state index is 12.7. The van der Waals surface area contributed by atoms with Crippen molar-refractivity contribution in [3.8, 4) is 11.3 Å². The highest BCUT2D eigenvalue weighted by atomic mass is 16.3. The fourth-order valence-electron chi connectivity index (χ4n) is 3.50. The van der Waals surface area contributed by atoms with E-state index in [0.29, 0.717) is 28.0 Å². The number of hydrogen-bond donors (Lipinski definition) is 1. The van der Waals surface area contributed by atoms with Crippen molar-refractivity contribution in [2.45, 2.75) is 6.92 Å². The summed E-state index contributed by atoms with van der Waals surface area (Å²) in [7, 11) is 0. The third-order valence-corrected chi connectivity index (χ3v) is 5.04. The van der Waals surface area contributed by atoms with Gasteiger partial charge in [-0.05, 0) is 42.8 Å². The van der Waals surface area contributed by atoms with Crippen molar-refractivity contribution in [2.75, 3.05) is 5.32 Å². The number of nitrogens with one attached hydrogen (secondary N) is 1. The Morgan fingerprint density at radius 3 is 2.47 bits per heavy atom. The average Bonchev–Trinajstić information content (AvgIpc) is 3.19. The summed E-state index contributed by atoms with van der Waals surface area (Å²) < 4.78 is 11.6. The van der Waals surface area contributed by atoms with Crippen LogP contribution < -0.4 is 10.7 Å². The summed E-state index contributed by atoms with van der Waals surface area (Å²) >= 11 is 0. The van der Waals surface area contributed by atoms with Crippen LogP contribution in [0.5, 0.6) is 0 Å². The molecule has 0 aliphatic heterocycles. The molecular formula is C25H17NO4. The first-order valence-electron chi connectivity index (χ1n) is 9.52. The van der Waals surface area contributed by atoms with Crippen molar-refractivity contribution < 1.29 is 13.6 Å². The van der Waals surface area contributed by atoms with E-state index < -0.39 is 0 Å². The van der Waals surface area contributed by atoms with Gasteiger partial charge in [-0.3, -0.25) is 9.59 Å². The van der Waals surface area contributed by atoms with E-state index in [1.54, 1.807) is 30.3 Å². The Labute approximate surface area is 171 Å². The molecule has 2 heterocycles. The first-order chi connectivity index (χ1) is 14.6. The average molecular weight is 395 g/mol. The lowest BCUT2D eigenvalue weighted by Crippen LogP contribution is -2.11. The van der Waals surface area contributed by atoms with E-state index in [-0.39, 0.29) is 17.1 Å². The Morgan fingerprint density at radius 1 is 0.833 bits per heavy atom. The molecule has 1 N–H and O–H groups in total. The van der Waals surface area contributed by atoms with Gasteiger partial charge in [-0.2, -0.15) is 0 Å². The Balaban J connectivity index is 1.48. The summed E-state index contributed by atoms with van der Waals surface area (Å²) in [5.41, 5.74) is 3.32. The molecule has 5 nitrogen and oxygen atoms in total. The number of carbonyl (C=O) groups is 1. The van der Waals surface area contributed by atoms with Crippen LogP contribution in [0, 0.1) is 6.92 Å². The molecule has 5 rings (SSSR count). The molecule has 146 valence electrons.